The molecule has 0 fully saturated rings. The minimum Gasteiger partial charge on any atom is -0.494 e. The molecule has 0 bridgehead atoms. The molecule has 3 aromatic rings. The van der Waals surface area contributed by atoms with Gasteiger partial charge in [0.15, 0.2) is 12.6 Å². The number of hydrogen-bond acceptors (Lipinski definition) is 8. The monoisotopic (exact) mass is 401 g/mol. The van der Waals surface area contributed by atoms with Gasteiger partial charge in [-0.25, -0.2) is 4.79 Å². The second-order valence-electron chi connectivity index (χ2n) is 5.70. The van der Waals surface area contributed by atoms with Gasteiger partial charge in [0, 0.05) is 5.69 Å². The topological polar surface area (TPSA) is 108 Å². The number of aromatic nitrogens is 4. The molecule has 0 aliphatic rings. The normalized spacial score (nSPS) is 11.6. The van der Waals surface area contributed by atoms with Crippen LogP contribution in [0.1, 0.15) is 13.8 Å². The number of ether oxygens (including phenoxy) is 2. The van der Waals surface area contributed by atoms with Gasteiger partial charge in [-0.15, -0.1) is 21.5 Å². The standard InChI is InChI=1S/C18H19N5O4S/c1-3-26-14-8-6-13(7-9-14)19-18(25)12(2)27-16(24)11-23-21-17(20-22-23)15-5-4-10-28-15/h4-10,12H,3,11H2,1-2H3,(H,19,25)/t12-/m1/s1. The number of anilines is 1. The van der Waals surface area contributed by atoms with Crippen LogP contribution in [0.25, 0.3) is 10.7 Å². The molecule has 10 heteroatoms. The lowest BCUT2D eigenvalue weighted by Crippen LogP contribution is -2.31. The molecule has 0 aliphatic carbocycles. The van der Waals surface area contributed by atoms with Gasteiger partial charge in [-0.2, -0.15) is 4.80 Å². The van der Waals surface area contributed by atoms with Crippen molar-refractivity contribution in [2.75, 3.05) is 11.9 Å². The minimum atomic E-state index is -0.973. The Labute approximate surface area is 165 Å². The van der Waals surface area contributed by atoms with Gasteiger partial charge in [-0.3, -0.25) is 4.79 Å². The maximum absolute atomic E-state index is 12.2. The number of rotatable bonds is 8. The summed E-state index contributed by atoms with van der Waals surface area (Å²) in [5, 5.41) is 16.4. The Hall–Kier alpha value is -3.27. The van der Waals surface area contributed by atoms with Crippen LogP contribution in [0.15, 0.2) is 41.8 Å². The molecule has 3 rings (SSSR count). The minimum absolute atomic E-state index is 0.237. The van der Waals surface area contributed by atoms with Crippen LogP contribution in [0, 0.1) is 0 Å². The first-order valence-electron chi connectivity index (χ1n) is 8.60. The van der Waals surface area contributed by atoms with E-state index in [0.717, 1.165) is 9.67 Å². The van der Waals surface area contributed by atoms with E-state index in [2.05, 4.69) is 20.7 Å². The van der Waals surface area contributed by atoms with Gasteiger partial charge in [0.1, 0.15) is 5.75 Å². The van der Waals surface area contributed by atoms with Crippen LogP contribution in [0.5, 0.6) is 5.75 Å². The first-order valence-corrected chi connectivity index (χ1v) is 9.48. The molecule has 1 aromatic carbocycles. The van der Waals surface area contributed by atoms with E-state index >= 15 is 0 Å². The largest absolute Gasteiger partial charge is 0.494 e. The van der Waals surface area contributed by atoms with E-state index in [0.29, 0.717) is 23.9 Å². The molecule has 2 aromatic heterocycles. The lowest BCUT2D eigenvalue weighted by Gasteiger charge is -2.13. The van der Waals surface area contributed by atoms with Crippen molar-refractivity contribution in [3.8, 4) is 16.5 Å². The van der Waals surface area contributed by atoms with E-state index in [4.69, 9.17) is 9.47 Å². The molecular formula is C18H19N5O4S. The molecule has 0 spiro atoms. The quantitative estimate of drug-likeness (QED) is 0.577. The Bertz CT molecular complexity index is 924. The van der Waals surface area contributed by atoms with Gasteiger partial charge in [0.2, 0.25) is 5.82 Å². The molecule has 2 heterocycles. The van der Waals surface area contributed by atoms with Crippen molar-refractivity contribution in [3.05, 3.63) is 41.8 Å². The van der Waals surface area contributed by atoms with Gasteiger partial charge < -0.3 is 14.8 Å². The SMILES string of the molecule is CCOc1ccc(NC(=O)[C@@H](C)OC(=O)Cn2nnc(-c3cccs3)n2)cc1. The Morgan fingerprint density at radius 2 is 2.04 bits per heavy atom. The molecule has 9 nitrogen and oxygen atoms in total. The molecule has 28 heavy (non-hydrogen) atoms. The average molecular weight is 401 g/mol. The fraction of sp³-hybridized carbons (Fsp3) is 0.278. The highest BCUT2D eigenvalue weighted by atomic mass is 32.1. The van der Waals surface area contributed by atoms with E-state index < -0.39 is 18.0 Å². The van der Waals surface area contributed by atoms with Crippen LogP contribution in [0.3, 0.4) is 0 Å². The van der Waals surface area contributed by atoms with Crippen molar-refractivity contribution in [1.82, 2.24) is 20.2 Å². The van der Waals surface area contributed by atoms with Crippen LogP contribution >= 0.6 is 11.3 Å². The number of amides is 1. The van der Waals surface area contributed by atoms with E-state index in [1.54, 1.807) is 24.3 Å². The number of carbonyl (C=O) groups is 2. The Kier molecular flexibility index (Phi) is 6.33. The summed E-state index contributed by atoms with van der Waals surface area (Å²) >= 11 is 1.47. The summed E-state index contributed by atoms with van der Waals surface area (Å²) < 4.78 is 10.5. The van der Waals surface area contributed by atoms with Gasteiger partial charge >= 0.3 is 5.97 Å². The lowest BCUT2D eigenvalue weighted by atomic mass is 10.3. The second-order valence-corrected chi connectivity index (χ2v) is 6.65. The average Bonchev–Trinajstić information content (AvgIpc) is 3.35. The summed E-state index contributed by atoms with van der Waals surface area (Å²) in [5.41, 5.74) is 0.579. The Morgan fingerprint density at radius 1 is 1.25 bits per heavy atom. The van der Waals surface area contributed by atoms with Gasteiger partial charge in [-0.05, 0) is 54.8 Å². The molecule has 0 saturated heterocycles. The zero-order valence-corrected chi connectivity index (χ0v) is 16.2. The van der Waals surface area contributed by atoms with Crippen LogP contribution < -0.4 is 10.1 Å². The molecule has 1 atom stereocenters. The number of thiophene rings is 1. The van der Waals surface area contributed by atoms with Crippen LogP contribution in [0.2, 0.25) is 0 Å². The summed E-state index contributed by atoms with van der Waals surface area (Å²) in [6.45, 7) is 3.71. The van der Waals surface area contributed by atoms with Gasteiger partial charge in [0.05, 0.1) is 11.5 Å². The number of carbonyl (C=O) groups excluding carboxylic acids is 2. The second kappa shape index (κ2) is 9.09. The van der Waals surface area contributed by atoms with Crippen molar-refractivity contribution in [1.29, 1.82) is 0 Å². The van der Waals surface area contributed by atoms with Crippen molar-refractivity contribution >= 4 is 28.9 Å². The summed E-state index contributed by atoms with van der Waals surface area (Å²) in [7, 11) is 0. The summed E-state index contributed by atoms with van der Waals surface area (Å²) in [6.07, 6.45) is -0.973. The van der Waals surface area contributed by atoms with Crippen molar-refractivity contribution < 1.29 is 19.1 Å². The summed E-state index contributed by atoms with van der Waals surface area (Å²) in [6, 6.07) is 10.7. The Balaban J connectivity index is 1.50. The highest BCUT2D eigenvalue weighted by Crippen LogP contribution is 2.19. The summed E-state index contributed by atoms with van der Waals surface area (Å²) in [4.78, 5) is 26.2. The first kappa shape index (κ1) is 19.5. The molecule has 0 aliphatic heterocycles. The number of benzene rings is 1. The number of hydrogen-bond donors (Lipinski definition) is 1. The number of nitrogens with one attached hydrogen (secondary N) is 1. The Morgan fingerprint density at radius 3 is 2.71 bits per heavy atom. The fourth-order valence-electron chi connectivity index (χ4n) is 2.26. The molecule has 0 saturated carbocycles. The van der Waals surface area contributed by atoms with Crippen LogP contribution in [0.4, 0.5) is 5.69 Å². The third-order valence-electron chi connectivity index (χ3n) is 3.58. The third kappa shape index (κ3) is 5.13. The predicted octanol–water partition coefficient (Wildman–Crippen LogP) is 2.37. The fourth-order valence-corrected chi connectivity index (χ4v) is 2.91. The van der Waals surface area contributed by atoms with E-state index in [9.17, 15) is 9.59 Å². The zero-order valence-electron chi connectivity index (χ0n) is 15.4. The van der Waals surface area contributed by atoms with Crippen molar-refractivity contribution in [3.63, 3.8) is 0 Å². The van der Waals surface area contributed by atoms with Crippen molar-refractivity contribution in [2.24, 2.45) is 0 Å². The summed E-state index contributed by atoms with van der Waals surface area (Å²) in [5.74, 6) is 0.0686. The molecule has 1 amide bonds. The third-order valence-corrected chi connectivity index (χ3v) is 4.44. The maximum Gasteiger partial charge on any atom is 0.330 e. The lowest BCUT2D eigenvalue weighted by molar-refractivity contribution is -0.154. The molecular weight excluding hydrogens is 382 g/mol. The molecule has 146 valence electrons. The number of esters is 1. The van der Waals surface area contributed by atoms with Gasteiger partial charge in [-0.1, -0.05) is 6.07 Å². The zero-order chi connectivity index (χ0) is 19.9. The van der Waals surface area contributed by atoms with Crippen LogP contribution in [-0.2, 0) is 20.9 Å². The number of nitrogens with zero attached hydrogens (tertiary/aromatic N) is 4. The molecule has 0 unspecified atom stereocenters. The highest BCUT2D eigenvalue weighted by molar-refractivity contribution is 7.13. The van der Waals surface area contributed by atoms with E-state index in [1.165, 1.54) is 18.3 Å². The van der Waals surface area contributed by atoms with Gasteiger partial charge in [0.25, 0.3) is 5.91 Å². The van der Waals surface area contributed by atoms with E-state index in [-0.39, 0.29) is 6.54 Å². The van der Waals surface area contributed by atoms with E-state index in [1.807, 2.05) is 24.4 Å². The van der Waals surface area contributed by atoms with Crippen LogP contribution in [-0.4, -0.2) is 44.8 Å². The van der Waals surface area contributed by atoms with Crippen molar-refractivity contribution in [2.45, 2.75) is 26.5 Å². The number of tetrazole rings is 1. The predicted molar refractivity (Wildman–Crippen MR) is 103 cm³/mol. The highest BCUT2D eigenvalue weighted by Gasteiger charge is 2.19. The molecule has 1 N–H and O–H groups in total. The first-order chi connectivity index (χ1) is 13.5. The maximum atomic E-state index is 12.2. The smallest absolute Gasteiger partial charge is 0.330 e. The molecule has 0 radical (unpaired) electrons.